The number of anilines is 2. The van der Waals surface area contributed by atoms with E-state index in [4.69, 9.17) is 21.1 Å². The van der Waals surface area contributed by atoms with Crippen molar-refractivity contribution in [2.45, 2.75) is 32.8 Å². The fourth-order valence-corrected chi connectivity index (χ4v) is 3.33. The molecule has 1 saturated heterocycles. The summed E-state index contributed by atoms with van der Waals surface area (Å²) in [5.41, 5.74) is 1.72. The van der Waals surface area contributed by atoms with Crippen molar-refractivity contribution in [1.29, 1.82) is 0 Å². The van der Waals surface area contributed by atoms with Crippen molar-refractivity contribution in [3.05, 3.63) is 47.0 Å². The number of carbonyl (C=O) groups excluding carboxylic acids is 2. The van der Waals surface area contributed by atoms with E-state index in [1.807, 2.05) is 26.0 Å². The van der Waals surface area contributed by atoms with Gasteiger partial charge in [-0.1, -0.05) is 17.7 Å². The molecule has 0 spiro atoms. The molecule has 0 atom stereocenters. The van der Waals surface area contributed by atoms with Gasteiger partial charge in [0.2, 0.25) is 5.91 Å². The number of nitrogens with zero attached hydrogens (tertiary/aromatic N) is 1. The molecule has 2 aromatic carbocycles. The molecule has 0 unspecified atom stereocenters. The van der Waals surface area contributed by atoms with Gasteiger partial charge in [-0.2, -0.15) is 0 Å². The van der Waals surface area contributed by atoms with Crippen molar-refractivity contribution in [1.82, 2.24) is 0 Å². The Labute approximate surface area is 169 Å². The fraction of sp³-hybridized carbons (Fsp3) is 0.333. The SMILES string of the molecule is COc1cc(C(=O)Nc2cccc(N3CCCC3=O)c2)cc(Cl)c1OC(C)C. The van der Waals surface area contributed by atoms with Crippen molar-refractivity contribution >= 4 is 34.8 Å². The monoisotopic (exact) mass is 402 g/mol. The van der Waals surface area contributed by atoms with Crippen LogP contribution in [-0.2, 0) is 4.79 Å². The predicted molar refractivity (Wildman–Crippen MR) is 110 cm³/mol. The lowest BCUT2D eigenvalue weighted by molar-refractivity contribution is -0.117. The standard InChI is InChI=1S/C21H23ClN2O4/c1-13(2)28-20-17(22)10-14(11-18(20)27-3)21(26)23-15-6-4-7-16(12-15)24-9-5-8-19(24)25/h4,6-7,10-13H,5,8-9H2,1-3H3,(H,23,26). The van der Waals surface area contributed by atoms with Crippen LogP contribution >= 0.6 is 11.6 Å². The third kappa shape index (κ3) is 4.39. The smallest absolute Gasteiger partial charge is 0.255 e. The first kappa shape index (κ1) is 20.0. The van der Waals surface area contributed by atoms with Crippen LogP contribution in [0.2, 0.25) is 5.02 Å². The van der Waals surface area contributed by atoms with Crippen LogP contribution < -0.4 is 19.7 Å². The highest BCUT2D eigenvalue weighted by molar-refractivity contribution is 6.32. The van der Waals surface area contributed by atoms with Gasteiger partial charge < -0.3 is 19.7 Å². The van der Waals surface area contributed by atoms with Gasteiger partial charge in [-0.25, -0.2) is 0 Å². The number of rotatable bonds is 6. The highest BCUT2D eigenvalue weighted by Crippen LogP contribution is 2.37. The van der Waals surface area contributed by atoms with Crippen molar-refractivity contribution in [3.63, 3.8) is 0 Å². The predicted octanol–water partition coefficient (Wildman–Crippen LogP) is 4.51. The first-order chi connectivity index (χ1) is 13.4. The number of ether oxygens (including phenoxy) is 2. The summed E-state index contributed by atoms with van der Waals surface area (Å²) in [6.45, 7) is 4.46. The van der Waals surface area contributed by atoms with E-state index in [0.717, 1.165) is 12.1 Å². The van der Waals surface area contributed by atoms with E-state index in [0.29, 0.717) is 40.7 Å². The molecule has 0 saturated carbocycles. The van der Waals surface area contributed by atoms with Crippen LogP contribution in [0, 0.1) is 0 Å². The first-order valence-electron chi connectivity index (χ1n) is 9.15. The lowest BCUT2D eigenvalue weighted by atomic mass is 10.1. The van der Waals surface area contributed by atoms with E-state index in [-0.39, 0.29) is 17.9 Å². The molecule has 1 aliphatic rings. The van der Waals surface area contributed by atoms with Crippen molar-refractivity contribution < 1.29 is 19.1 Å². The first-order valence-corrected chi connectivity index (χ1v) is 9.53. The molecule has 1 N–H and O–H groups in total. The summed E-state index contributed by atoms with van der Waals surface area (Å²) < 4.78 is 11.0. The van der Waals surface area contributed by atoms with Crippen LogP contribution in [0.3, 0.4) is 0 Å². The third-order valence-corrected chi connectivity index (χ3v) is 4.62. The third-order valence-electron chi connectivity index (χ3n) is 4.33. The lowest BCUT2D eigenvalue weighted by Crippen LogP contribution is -2.23. The molecule has 0 aromatic heterocycles. The van der Waals surface area contributed by atoms with Gasteiger partial charge in [-0.05, 0) is 50.6 Å². The zero-order chi connectivity index (χ0) is 20.3. The maximum Gasteiger partial charge on any atom is 0.255 e. The number of carbonyl (C=O) groups is 2. The molecular formula is C21H23ClN2O4. The summed E-state index contributed by atoms with van der Waals surface area (Å²) in [4.78, 5) is 26.4. The van der Waals surface area contributed by atoms with Crippen molar-refractivity contribution in [3.8, 4) is 11.5 Å². The number of benzene rings is 2. The average Bonchev–Trinajstić information content (AvgIpc) is 3.09. The van der Waals surface area contributed by atoms with Gasteiger partial charge in [0.05, 0.1) is 18.2 Å². The number of amides is 2. The summed E-state index contributed by atoms with van der Waals surface area (Å²) >= 11 is 6.30. The Morgan fingerprint density at radius 1 is 1.25 bits per heavy atom. The van der Waals surface area contributed by atoms with Gasteiger partial charge in [-0.15, -0.1) is 0 Å². The molecule has 1 aliphatic heterocycles. The van der Waals surface area contributed by atoms with E-state index in [2.05, 4.69) is 5.32 Å². The van der Waals surface area contributed by atoms with Gasteiger partial charge in [0.25, 0.3) is 5.91 Å². The van der Waals surface area contributed by atoms with Crippen LogP contribution in [-0.4, -0.2) is 31.6 Å². The minimum Gasteiger partial charge on any atom is -0.493 e. The van der Waals surface area contributed by atoms with Crippen LogP contribution in [0.4, 0.5) is 11.4 Å². The van der Waals surface area contributed by atoms with E-state index in [1.165, 1.54) is 7.11 Å². The minimum atomic E-state index is -0.332. The van der Waals surface area contributed by atoms with Crippen LogP contribution in [0.1, 0.15) is 37.0 Å². The fourth-order valence-electron chi connectivity index (χ4n) is 3.08. The van der Waals surface area contributed by atoms with Gasteiger partial charge in [-0.3, -0.25) is 9.59 Å². The summed E-state index contributed by atoms with van der Waals surface area (Å²) in [6, 6.07) is 10.4. The Morgan fingerprint density at radius 2 is 2.04 bits per heavy atom. The quantitative estimate of drug-likeness (QED) is 0.771. The molecule has 0 aliphatic carbocycles. The van der Waals surface area contributed by atoms with Crippen molar-refractivity contribution in [2.24, 2.45) is 0 Å². The highest BCUT2D eigenvalue weighted by Gasteiger charge is 2.22. The van der Waals surface area contributed by atoms with E-state index < -0.39 is 0 Å². The van der Waals surface area contributed by atoms with Gasteiger partial charge in [0.1, 0.15) is 0 Å². The van der Waals surface area contributed by atoms with Crippen LogP contribution in [0.15, 0.2) is 36.4 Å². The Balaban J connectivity index is 1.81. The Kier molecular flexibility index (Phi) is 6.09. The largest absolute Gasteiger partial charge is 0.493 e. The molecule has 0 radical (unpaired) electrons. The second-order valence-corrected chi connectivity index (χ2v) is 7.22. The summed E-state index contributed by atoms with van der Waals surface area (Å²) in [7, 11) is 1.50. The van der Waals surface area contributed by atoms with E-state index >= 15 is 0 Å². The highest BCUT2D eigenvalue weighted by atomic mass is 35.5. The minimum absolute atomic E-state index is 0.0814. The Hall–Kier alpha value is -2.73. The lowest BCUT2D eigenvalue weighted by Gasteiger charge is -2.17. The van der Waals surface area contributed by atoms with Crippen molar-refractivity contribution in [2.75, 3.05) is 23.9 Å². The molecule has 2 aromatic rings. The number of hydrogen-bond acceptors (Lipinski definition) is 4. The molecule has 7 heteroatoms. The molecule has 3 rings (SSSR count). The number of halogens is 1. The zero-order valence-electron chi connectivity index (χ0n) is 16.1. The molecule has 2 amide bonds. The second kappa shape index (κ2) is 8.52. The number of methoxy groups -OCH3 is 1. The summed E-state index contributed by atoms with van der Waals surface area (Å²) in [5, 5.41) is 3.14. The van der Waals surface area contributed by atoms with Gasteiger partial charge in [0.15, 0.2) is 11.5 Å². The molecule has 6 nitrogen and oxygen atoms in total. The van der Waals surface area contributed by atoms with Gasteiger partial charge in [0, 0.05) is 29.9 Å². The molecule has 28 heavy (non-hydrogen) atoms. The maximum atomic E-state index is 12.7. The average molecular weight is 403 g/mol. The molecular weight excluding hydrogens is 380 g/mol. The normalized spacial score (nSPS) is 13.8. The van der Waals surface area contributed by atoms with E-state index in [9.17, 15) is 9.59 Å². The Bertz CT molecular complexity index is 898. The molecule has 1 fully saturated rings. The molecule has 1 heterocycles. The van der Waals surface area contributed by atoms with Crippen LogP contribution in [0.25, 0.3) is 0 Å². The second-order valence-electron chi connectivity index (χ2n) is 6.81. The maximum absolute atomic E-state index is 12.7. The number of hydrogen-bond donors (Lipinski definition) is 1. The van der Waals surface area contributed by atoms with E-state index in [1.54, 1.807) is 29.2 Å². The molecule has 148 valence electrons. The molecule has 0 bridgehead atoms. The number of nitrogens with one attached hydrogen (secondary N) is 1. The van der Waals surface area contributed by atoms with Gasteiger partial charge >= 0.3 is 0 Å². The summed E-state index contributed by atoms with van der Waals surface area (Å²) in [6.07, 6.45) is 1.32. The topological polar surface area (TPSA) is 67.9 Å². The van der Waals surface area contributed by atoms with Crippen LogP contribution in [0.5, 0.6) is 11.5 Å². The summed E-state index contributed by atoms with van der Waals surface area (Å²) in [5.74, 6) is 0.565. The zero-order valence-corrected chi connectivity index (χ0v) is 16.9. The Morgan fingerprint density at radius 3 is 2.68 bits per heavy atom.